The molecule has 0 fully saturated rings. The van der Waals surface area contributed by atoms with Crippen molar-refractivity contribution in [3.63, 3.8) is 0 Å². The van der Waals surface area contributed by atoms with Crippen LogP contribution in [0.1, 0.15) is 10.4 Å². The lowest BCUT2D eigenvalue weighted by molar-refractivity contribution is -0.688. The van der Waals surface area contributed by atoms with E-state index in [4.69, 9.17) is 4.74 Å². The fourth-order valence-electron chi connectivity index (χ4n) is 1.56. The number of ketones is 1. The van der Waals surface area contributed by atoms with Crippen molar-refractivity contribution >= 4 is 18.4 Å². The van der Waals surface area contributed by atoms with Gasteiger partial charge in [-0.1, -0.05) is 30.3 Å². The summed E-state index contributed by atoms with van der Waals surface area (Å²) in [5, 5.41) is 0. The number of nitrogens with zero attached hydrogens (tertiary/aromatic N) is 2. The third-order valence-electron chi connectivity index (χ3n) is 2.42. The quantitative estimate of drug-likeness (QED) is 0.384. The summed E-state index contributed by atoms with van der Waals surface area (Å²) in [6, 6.07) is 9.16. The first kappa shape index (κ1) is 12.6. The lowest BCUT2D eigenvalue weighted by Crippen LogP contribution is -2.39. The number of carbonyl (C=O) groups excluding carboxylic acids is 1. The van der Waals surface area contributed by atoms with Crippen LogP contribution in [0.15, 0.2) is 48.9 Å². The Balaban J connectivity index is 2.17. The molecule has 1 aromatic carbocycles. The predicted octanol–water partition coefficient (Wildman–Crippen LogP) is 1.52. The van der Waals surface area contributed by atoms with Crippen LogP contribution in [0.5, 0.6) is 5.88 Å². The number of hydrogen-bond acceptors (Lipinski definition) is 4. The topological polar surface area (TPSA) is 43.1 Å². The van der Waals surface area contributed by atoms with Gasteiger partial charge < -0.3 is 4.74 Å². The molecule has 0 aliphatic rings. The summed E-state index contributed by atoms with van der Waals surface area (Å²) in [5.41, 5.74) is 0.679. The van der Waals surface area contributed by atoms with Gasteiger partial charge in [-0.15, -0.1) is 12.6 Å². The lowest BCUT2D eigenvalue weighted by Gasteiger charge is -2.02. The SMILES string of the molecule is O=C(C[n+]1ccncc1OCS)c1ccccc1. The van der Waals surface area contributed by atoms with Crippen molar-refractivity contribution in [1.29, 1.82) is 0 Å². The molecule has 4 nitrogen and oxygen atoms in total. The molecule has 1 aromatic heterocycles. The van der Waals surface area contributed by atoms with Crippen LogP contribution < -0.4 is 9.30 Å². The molecule has 0 atom stereocenters. The van der Waals surface area contributed by atoms with Gasteiger partial charge in [-0.25, -0.2) is 4.98 Å². The van der Waals surface area contributed by atoms with Crippen molar-refractivity contribution in [3.8, 4) is 5.88 Å². The van der Waals surface area contributed by atoms with Gasteiger partial charge in [0.15, 0.2) is 6.20 Å². The number of hydrogen-bond donors (Lipinski definition) is 1. The minimum Gasteiger partial charge on any atom is -0.432 e. The molecule has 0 bridgehead atoms. The molecular formula is C13H13N2O2S+. The molecule has 1 heterocycles. The summed E-state index contributed by atoms with van der Waals surface area (Å²) in [5.74, 6) is 0.790. The molecule has 92 valence electrons. The van der Waals surface area contributed by atoms with Crippen LogP contribution in [0, 0.1) is 0 Å². The molecule has 0 saturated carbocycles. The summed E-state index contributed by atoms with van der Waals surface area (Å²) in [4.78, 5) is 16.0. The van der Waals surface area contributed by atoms with E-state index in [2.05, 4.69) is 17.6 Å². The van der Waals surface area contributed by atoms with Crippen LogP contribution in [-0.4, -0.2) is 16.7 Å². The van der Waals surface area contributed by atoms with Gasteiger partial charge in [0.1, 0.15) is 12.1 Å². The third kappa shape index (κ3) is 3.07. The summed E-state index contributed by atoms with van der Waals surface area (Å²) < 4.78 is 6.99. The molecule has 0 saturated heterocycles. The standard InChI is InChI=1S/C13H12N2O2S/c16-12(11-4-2-1-3-5-11)9-15-7-6-14-8-13(15)17-10-18/h1-8H,9-10H2/p+1. The van der Waals surface area contributed by atoms with Gasteiger partial charge in [0.25, 0.3) is 0 Å². The highest BCUT2D eigenvalue weighted by molar-refractivity contribution is 7.80. The van der Waals surface area contributed by atoms with Crippen molar-refractivity contribution in [2.75, 3.05) is 5.94 Å². The maximum Gasteiger partial charge on any atom is 0.388 e. The smallest absolute Gasteiger partial charge is 0.388 e. The van der Waals surface area contributed by atoms with Gasteiger partial charge in [0.05, 0.1) is 6.20 Å². The first-order valence-electron chi connectivity index (χ1n) is 5.46. The minimum absolute atomic E-state index is 0.0239. The largest absolute Gasteiger partial charge is 0.432 e. The van der Waals surface area contributed by atoms with E-state index < -0.39 is 0 Å². The average Bonchev–Trinajstić information content (AvgIpc) is 2.42. The summed E-state index contributed by atoms with van der Waals surface area (Å²) in [7, 11) is 0. The van der Waals surface area contributed by atoms with Gasteiger partial charge in [0, 0.05) is 5.56 Å². The zero-order valence-electron chi connectivity index (χ0n) is 9.69. The summed E-state index contributed by atoms with van der Waals surface area (Å²) in [6.45, 7) is 0.218. The maximum absolute atomic E-state index is 12.1. The third-order valence-corrected chi connectivity index (χ3v) is 2.55. The Bertz CT molecular complexity index is 532. The van der Waals surface area contributed by atoms with Crippen LogP contribution in [0.2, 0.25) is 0 Å². The zero-order valence-corrected chi connectivity index (χ0v) is 10.6. The number of carbonyl (C=O) groups is 1. The van der Waals surface area contributed by atoms with Crippen molar-refractivity contribution in [2.45, 2.75) is 6.54 Å². The van der Waals surface area contributed by atoms with Gasteiger partial charge in [-0.2, -0.15) is 4.57 Å². The second-order valence-corrected chi connectivity index (χ2v) is 3.86. The number of thiol groups is 1. The van der Waals surface area contributed by atoms with Crippen molar-refractivity contribution in [2.24, 2.45) is 0 Å². The molecule has 0 spiro atoms. The molecule has 0 radical (unpaired) electrons. The number of ether oxygens (including phenoxy) is 1. The van der Waals surface area contributed by atoms with Crippen LogP contribution in [0.3, 0.4) is 0 Å². The van der Waals surface area contributed by atoms with Crippen molar-refractivity contribution in [1.82, 2.24) is 4.98 Å². The molecule has 2 aromatic rings. The fraction of sp³-hybridized carbons (Fsp3) is 0.154. The highest BCUT2D eigenvalue weighted by Gasteiger charge is 2.17. The molecule has 0 N–H and O–H groups in total. The molecule has 2 rings (SSSR count). The molecule has 0 aliphatic carbocycles. The van der Waals surface area contributed by atoms with E-state index in [9.17, 15) is 4.79 Å². The Morgan fingerprint density at radius 2 is 2.11 bits per heavy atom. The Morgan fingerprint density at radius 1 is 1.33 bits per heavy atom. The van der Waals surface area contributed by atoms with E-state index in [1.54, 1.807) is 35.3 Å². The Morgan fingerprint density at radius 3 is 2.83 bits per heavy atom. The van der Waals surface area contributed by atoms with Gasteiger partial charge in [0.2, 0.25) is 12.3 Å². The van der Waals surface area contributed by atoms with Crippen molar-refractivity contribution in [3.05, 3.63) is 54.5 Å². The second kappa shape index (κ2) is 6.16. The highest BCUT2D eigenvalue weighted by atomic mass is 32.1. The second-order valence-electron chi connectivity index (χ2n) is 3.61. The number of Topliss-reactive ketones (excluding diaryl/α,β-unsaturated/α-hetero) is 1. The van der Waals surface area contributed by atoms with Crippen LogP contribution >= 0.6 is 12.6 Å². The zero-order chi connectivity index (χ0) is 12.8. The minimum atomic E-state index is 0.0239. The molecule has 0 aliphatic heterocycles. The van der Waals surface area contributed by atoms with Crippen molar-refractivity contribution < 1.29 is 14.1 Å². The molecule has 0 amide bonds. The predicted molar refractivity (Wildman–Crippen MR) is 69.7 cm³/mol. The first-order chi connectivity index (χ1) is 8.81. The van der Waals surface area contributed by atoms with Crippen LogP contribution in [0.4, 0.5) is 0 Å². The Hall–Kier alpha value is -1.88. The molecule has 0 unspecified atom stereocenters. The highest BCUT2D eigenvalue weighted by Crippen LogP contribution is 2.03. The lowest BCUT2D eigenvalue weighted by atomic mass is 10.1. The maximum atomic E-state index is 12.1. The van der Waals surface area contributed by atoms with Crippen LogP contribution in [-0.2, 0) is 6.54 Å². The molecule has 5 heteroatoms. The van der Waals surface area contributed by atoms with E-state index >= 15 is 0 Å². The van der Waals surface area contributed by atoms with Gasteiger partial charge in [-0.3, -0.25) is 4.79 Å². The molecular weight excluding hydrogens is 248 g/mol. The van der Waals surface area contributed by atoms with E-state index in [1.807, 2.05) is 18.2 Å². The average molecular weight is 261 g/mol. The number of rotatable bonds is 5. The van der Waals surface area contributed by atoms with Gasteiger partial charge in [-0.05, 0) is 0 Å². The van der Waals surface area contributed by atoms with E-state index in [-0.39, 0.29) is 18.3 Å². The van der Waals surface area contributed by atoms with E-state index in [0.717, 1.165) is 0 Å². The van der Waals surface area contributed by atoms with Crippen LogP contribution in [0.25, 0.3) is 0 Å². The number of benzene rings is 1. The van der Waals surface area contributed by atoms with E-state index in [1.165, 1.54) is 0 Å². The Labute approximate surface area is 111 Å². The van der Waals surface area contributed by atoms with E-state index in [0.29, 0.717) is 11.4 Å². The summed E-state index contributed by atoms with van der Waals surface area (Å²) in [6.07, 6.45) is 4.89. The molecule has 18 heavy (non-hydrogen) atoms. The summed E-state index contributed by atoms with van der Waals surface area (Å²) >= 11 is 3.99. The van der Waals surface area contributed by atoms with Gasteiger partial charge >= 0.3 is 5.88 Å². The Kier molecular flexibility index (Phi) is 4.30. The first-order valence-corrected chi connectivity index (χ1v) is 6.10. The fourth-order valence-corrected chi connectivity index (χ4v) is 1.69. The normalized spacial score (nSPS) is 10.1. The number of aromatic nitrogens is 2. The monoisotopic (exact) mass is 261 g/mol.